The lowest BCUT2D eigenvalue weighted by atomic mass is 9.93. The molecule has 1 aliphatic rings. The van der Waals surface area contributed by atoms with Crippen LogP contribution in [0.1, 0.15) is 38.4 Å². The third-order valence-electron chi connectivity index (χ3n) is 4.37. The van der Waals surface area contributed by atoms with Crippen LogP contribution in [0.3, 0.4) is 0 Å². The second-order valence-electron chi connectivity index (χ2n) is 6.21. The van der Waals surface area contributed by atoms with Gasteiger partial charge in [0.15, 0.2) is 11.6 Å². The summed E-state index contributed by atoms with van der Waals surface area (Å²) in [6.45, 7) is 3.54. The fourth-order valence-electron chi connectivity index (χ4n) is 3.06. The molecule has 0 radical (unpaired) electrons. The Morgan fingerprint density at radius 3 is 2.92 bits per heavy atom. The van der Waals surface area contributed by atoms with Crippen molar-refractivity contribution in [2.45, 2.75) is 51.2 Å². The summed E-state index contributed by atoms with van der Waals surface area (Å²) in [5.41, 5.74) is 0.863. The van der Waals surface area contributed by atoms with Crippen molar-refractivity contribution in [3.63, 3.8) is 0 Å². The molecule has 7 nitrogen and oxygen atoms in total. The van der Waals surface area contributed by atoms with Crippen molar-refractivity contribution in [2.24, 2.45) is 4.99 Å². The van der Waals surface area contributed by atoms with Gasteiger partial charge in [0.25, 0.3) is 0 Å². The van der Waals surface area contributed by atoms with Gasteiger partial charge in [0.2, 0.25) is 0 Å². The molecular weight excluding hydrogens is 304 g/mol. The number of hydrogen-bond acceptors (Lipinski definition) is 4. The maximum atomic E-state index is 9.61. The third-order valence-corrected chi connectivity index (χ3v) is 4.37. The van der Waals surface area contributed by atoms with Crippen molar-refractivity contribution in [1.82, 2.24) is 25.2 Å². The summed E-state index contributed by atoms with van der Waals surface area (Å²) in [5.74, 6) is 1.76. The molecule has 1 saturated carbocycles. The van der Waals surface area contributed by atoms with Crippen LogP contribution in [-0.2, 0) is 6.42 Å². The quantitative estimate of drug-likeness (QED) is 0.565. The molecule has 0 bridgehead atoms. The SMILES string of the molecule is CCNC(=NCCc1nnc2ccccn12)NC1CCC(O)CC1. The predicted octanol–water partition coefficient (Wildman–Crippen LogP) is 1.13. The van der Waals surface area contributed by atoms with Crippen LogP contribution >= 0.6 is 0 Å². The van der Waals surface area contributed by atoms with E-state index in [1.807, 2.05) is 28.8 Å². The van der Waals surface area contributed by atoms with Gasteiger partial charge in [-0.15, -0.1) is 10.2 Å². The van der Waals surface area contributed by atoms with Gasteiger partial charge in [0.1, 0.15) is 5.82 Å². The Hall–Kier alpha value is -2.15. The minimum absolute atomic E-state index is 0.135. The molecule has 0 aromatic carbocycles. The number of rotatable bonds is 5. The molecule has 0 atom stereocenters. The topological polar surface area (TPSA) is 86.8 Å². The van der Waals surface area contributed by atoms with E-state index in [4.69, 9.17) is 0 Å². The van der Waals surface area contributed by atoms with Crippen LogP contribution in [0.25, 0.3) is 5.65 Å². The summed E-state index contributed by atoms with van der Waals surface area (Å²) >= 11 is 0. The van der Waals surface area contributed by atoms with Crippen LogP contribution in [0.2, 0.25) is 0 Å². The Balaban J connectivity index is 1.57. The van der Waals surface area contributed by atoms with E-state index in [1.54, 1.807) is 0 Å². The number of aliphatic hydroxyl groups excluding tert-OH is 1. The van der Waals surface area contributed by atoms with Gasteiger partial charge in [-0.2, -0.15) is 0 Å². The minimum Gasteiger partial charge on any atom is -0.393 e. The molecule has 0 spiro atoms. The van der Waals surface area contributed by atoms with Crippen molar-refractivity contribution in [3.8, 4) is 0 Å². The zero-order valence-electron chi connectivity index (χ0n) is 14.1. The van der Waals surface area contributed by atoms with Gasteiger partial charge in [0.05, 0.1) is 6.10 Å². The lowest BCUT2D eigenvalue weighted by Crippen LogP contribution is -2.45. The van der Waals surface area contributed by atoms with E-state index in [2.05, 4.69) is 32.7 Å². The van der Waals surface area contributed by atoms with E-state index in [9.17, 15) is 5.11 Å². The molecule has 0 unspecified atom stereocenters. The minimum atomic E-state index is -0.135. The summed E-state index contributed by atoms with van der Waals surface area (Å²) in [4.78, 5) is 4.66. The highest BCUT2D eigenvalue weighted by molar-refractivity contribution is 5.80. The molecule has 1 fully saturated rings. The number of aliphatic imine (C=N–C) groups is 1. The summed E-state index contributed by atoms with van der Waals surface area (Å²) in [7, 11) is 0. The Morgan fingerprint density at radius 2 is 2.12 bits per heavy atom. The number of fused-ring (bicyclic) bond motifs is 1. The number of hydrogen-bond donors (Lipinski definition) is 3. The standard InChI is InChI=1S/C17H26N6O/c1-2-18-17(20-13-6-8-14(24)9-7-13)19-11-10-16-22-21-15-5-3-4-12-23(15)16/h3-5,12-14,24H,2,6-11H2,1H3,(H2,18,19,20). The molecule has 7 heteroatoms. The number of aromatic nitrogens is 3. The molecular formula is C17H26N6O. The first-order chi connectivity index (χ1) is 11.8. The van der Waals surface area contributed by atoms with Gasteiger partial charge < -0.3 is 15.7 Å². The maximum Gasteiger partial charge on any atom is 0.191 e. The number of pyridine rings is 1. The molecule has 130 valence electrons. The maximum absolute atomic E-state index is 9.61. The summed E-state index contributed by atoms with van der Waals surface area (Å²) in [6.07, 6.45) is 6.28. The Bertz CT molecular complexity index is 675. The molecule has 2 aromatic rings. The molecule has 0 saturated heterocycles. The molecule has 3 rings (SSSR count). The van der Waals surface area contributed by atoms with Gasteiger partial charge in [-0.1, -0.05) is 6.07 Å². The molecule has 0 aliphatic heterocycles. The fourth-order valence-corrected chi connectivity index (χ4v) is 3.06. The Labute approximate surface area is 142 Å². The molecule has 3 N–H and O–H groups in total. The molecule has 2 aromatic heterocycles. The van der Waals surface area contributed by atoms with Crippen molar-refractivity contribution in [2.75, 3.05) is 13.1 Å². The first-order valence-corrected chi connectivity index (χ1v) is 8.78. The van der Waals surface area contributed by atoms with Crippen LogP contribution < -0.4 is 10.6 Å². The summed E-state index contributed by atoms with van der Waals surface area (Å²) in [5, 5.41) is 24.8. The zero-order chi connectivity index (χ0) is 16.8. The van der Waals surface area contributed by atoms with Crippen molar-refractivity contribution in [3.05, 3.63) is 30.2 Å². The highest BCUT2D eigenvalue weighted by Gasteiger charge is 2.19. The second-order valence-corrected chi connectivity index (χ2v) is 6.21. The lowest BCUT2D eigenvalue weighted by molar-refractivity contribution is 0.120. The van der Waals surface area contributed by atoms with Gasteiger partial charge in [0, 0.05) is 31.7 Å². The molecule has 2 heterocycles. The van der Waals surface area contributed by atoms with Crippen molar-refractivity contribution >= 4 is 11.6 Å². The highest BCUT2D eigenvalue weighted by atomic mass is 16.3. The first-order valence-electron chi connectivity index (χ1n) is 8.78. The third kappa shape index (κ3) is 4.23. The van der Waals surface area contributed by atoms with Crippen LogP contribution in [0.4, 0.5) is 0 Å². The van der Waals surface area contributed by atoms with Gasteiger partial charge >= 0.3 is 0 Å². The largest absolute Gasteiger partial charge is 0.393 e. The van der Waals surface area contributed by atoms with Gasteiger partial charge in [-0.3, -0.25) is 9.39 Å². The average molecular weight is 330 g/mol. The van der Waals surface area contributed by atoms with E-state index in [0.29, 0.717) is 12.6 Å². The van der Waals surface area contributed by atoms with Crippen LogP contribution in [0, 0.1) is 0 Å². The second kappa shape index (κ2) is 8.10. The number of nitrogens with one attached hydrogen (secondary N) is 2. The number of guanidine groups is 1. The van der Waals surface area contributed by atoms with E-state index in [0.717, 1.165) is 56.1 Å². The number of nitrogens with zero attached hydrogens (tertiary/aromatic N) is 4. The Kier molecular flexibility index (Phi) is 5.63. The van der Waals surface area contributed by atoms with E-state index >= 15 is 0 Å². The zero-order valence-corrected chi connectivity index (χ0v) is 14.1. The normalized spacial score (nSPS) is 21.8. The fraction of sp³-hybridized carbons (Fsp3) is 0.588. The average Bonchev–Trinajstić information content (AvgIpc) is 3.00. The summed E-state index contributed by atoms with van der Waals surface area (Å²) in [6, 6.07) is 6.27. The van der Waals surface area contributed by atoms with E-state index in [-0.39, 0.29) is 6.10 Å². The van der Waals surface area contributed by atoms with Crippen molar-refractivity contribution < 1.29 is 5.11 Å². The van der Waals surface area contributed by atoms with Crippen LogP contribution in [-0.4, -0.2) is 50.9 Å². The predicted molar refractivity (Wildman–Crippen MR) is 94.1 cm³/mol. The van der Waals surface area contributed by atoms with Gasteiger partial charge in [-0.05, 0) is 44.7 Å². The number of aliphatic hydroxyl groups is 1. The monoisotopic (exact) mass is 330 g/mol. The molecule has 24 heavy (non-hydrogen) atoms. The highest BCUT2D eigenvalue weighted by Crippen LogP contribution is 2.18. The first kappa shape index (κ1) is 16.7. The lowest BCUT2D eigenvalue weighted by Gasteiger charge is -2.27. The van der Waals surface area contributed by atoms with Crippen LogP contribution in [0.15, 0.2) is 29.4 Å². The smallest absolute Gasteiger partial charge is 0.191 e. The van der Waals surface area contributed by atoms with E-state index in [1.165, 1.54) is 0 Å². The molecule has 0 amide bonds. The summed E-state index contributed by atoms with van der Waals surface area (Å²) < 4.78 is 2.00. The van der Waals surface area contributed by atoms with Crippen molar-refractivity contribution in [1.29, 1.82) is 0 Å². The van der Waals surface area contributed by atoms with Crippen LogP contribution in [0.5, 0.6) is 0 Å². The van der Waals surface area contributed by atoms with Gasteiger partial charge in [-0.25, -0.2) is 0 Å². The van der Waals surface area contributed by atoms with E-state index < -0.39 is 0 Å². The Morgan fingerprint density at radius 1 is 1.29 bits per heavy atom. The molecule has 1 aliphatic carbocycles.